The molecule has 1 aliphatic rings. The molecule has 14 heavy (non-hydrogen) atoms. The summed E-state index contributed by atoms with van der Waals surface area (Å²) in [6.45, 7) is 3.44. The third-order valence-corrected chi connectivity index (χ3v) is 3.13. The summed E-state index contributed by atoms with van der Waals surface area (Å²) in [7, 11) is 0. The van der Waals surface area contributed by atoms with Crippen molar-refractivity contribution in [3.63, 3.8) is 0 Å². The zero-order chi connectivity index (χ0) is 10.9. The van der Waals surface area contributed by atoms with Crippen molar-refractivity contribution in [2.75, 3.05) is 0 Å². The molecule has 1 saturated carbocycles. The summed E-state index contributed by atoms with van der Waals surface area (Å²) < 4.78 is 42.5. The van der Waals surface area contributed by atoms with Gasteiger partial charge in [-0.3, -0.25) is 0 Å². The standard InChI is InChI=1S/C9H14BrF3O/c1-5(10)6(2)14-8(7-3-4-7)9(11,12)13/h5-8H,3-4H2,1-2H3/t5-,6?,8?/m0/s1. The summed E-state index contributed by atoms with van der Waals surface area (Å²) in [6, 6.07) is 0. The molecule has 0 radical (unpaired) electrons. The highest BCUT2D eigenvalue weighted by molar-refractivity contribution is 9.09. The van der Waals surface area contributed by atoms with Crippen LogP contribution < -0.4 is 0 Å². The third-order valence-electron chi connectivity index (χ3n) is 2.38. The average molecular weight is 275 g/mol. The van der Waals surface area contributed by atoms with Gasteiger partial charge in [-0.25, -0.2) is 0 Å². The van der Waals surface area contributed by atoms with E-state index in [4.69, 9.17) is 4.74 Å². The molecule has 3 atom stereocenters. The van der Waals surface area contributed by atoms with Crippen molar-refractivity contribution in [1.29, 1.82) is 0 Å². The lowest BCUT2D eigenvalue weighted by Crippen LogP contribution is -2.38. The molecule has 0 heterocycles. The molecule has 0 amide bonds. The Hall–Kier alpha value is 0.230. The van der Waals surface area contributed by atoms with E-state index in [1.54, 1.807) is 13.8 Å². The molecule has 0 aromatic rings. The van der Waals surface area contributed by atoms with Gasteiger partial charge in [0.1, 0.15) is 0 Å². The summed E-state index contributed by atoms with van der Waals surface area (Å²) >= 11 is 3.21. The lowest BCUT2D eigenvalue weighted by Gasteiger charge is -2.25. The normalized spacial score (nSPS) is 24.4. The van der Waals surface area contributed by atoms with Gasteiger partial charge in [0.15, 0.2) is 6.10 Å². The molecule has 1 aliphatic carbocycles. The van der Waals surface area contributed by atoms with Gasteiger partial charge in [0.05, 0.1) is 6.10 Å². The van der Waals surface area contributed by atoms with Gasteiger partial charge in [-0.1, -0.05) is 22.9 Å². The molecule has 0 saturated heterocycles. The summed E-state index contributed by atoms with van der Waals surface area (Å²) in [5.41, 5.74) is 0. The monoisotopic (exact) mass is 274 g/mol. The molecule has 84 valence electrons. The lowest BCUT2D eigenvalue weighted by atomic mass is 10.2. The van der Waals surface area contributed by atoms with Crippen molar-refractivity contribution < 1.29 is 17.9 Å². The molecule has 0 spiro atoms. The Morgan fingerprint density at radius 1 is 1.29 bits per heavy atom. The minimum Gasteiger partial charge on any atom is -0.364 e. The van der Waals surface area contributed by atoms with Crippen molar-refractivity contribution in [2.24, 2.45) is 5.92 Å². The number of ether oxygens (including phenoxy) is 1. The van der Waals surface area contributed by atoms with Crippen molar-refractivity contribution in [2.45, 2.75) is 49.9 Å². The molecule has 1 rings (SSSR count). The number of rotatable bonds is 4. The number of halogens is 4. The second kappa shape index (κ2) is 4.39. The third kappa shape index (κ3) is 3.42. The predicted molar refractivity (Wildman–Crippen MR) is 51.5 cm³/mol. The Morgan fingerprint density at radius 3 is 2.07 bits per heavy atom. The Bertz CT molecular complexity index is 189. The summed E-state index contributed by atoms with van der Waals surface area (Å²) in [5.74, 6) is -0.316. The Balaban J connectivity index is 2.52. The van der Waals surface area contributed by atoms with Gasteiger partial charge in [0.25, 0.3) is 0 Å². The molecule has 0 aromatic carbocycles. The highest BCUT2D eigenvalue weighted by atomic mass is 79.9. The first-order valence-electron chi connectivity index (χ1n) is 4.68. The van der Waals surface area contributed by atoms with Gasteiger partial charge >= 0.3 is 6.18 Å². The smallest absolute Gasteiger partial charge is 0.364 e. The van der Waals surface area contributed by atoms with E-state index in [2.05, 4.69) is 15.9 Å². The number of hydrogen-bond acceptors (Lipinski definition) is 1. The molecule has 0 N–H and O–H groups in total. The first kappa shape index (κ1) is 12.3. The van der Waals surface area contributed by atoms with Gasteiger partial charge in [0.2, 0.25) is 0 Å². The van der Waals surface area contributed by atoms with Crippen LogP contribution in [0.1, 0.15) is 26.7 Å². The van der Waals surface area contributed by atoms with Crippen LogP contribution in [-0.4, -0.2) is 23.2 Å². The van der Waals surface area contributed by atoms with Crippen molar-refractivity contribution in [3.05, 3.63) is 0 Å². The van der Waals surface area contributed by atoms with Crippen LogP contribution in [0.3, 0.4) is 0 Å². The van der Waals surface area contributed by atoms with E-state index in [0.29, 0.717) is 12.8 Å². The first-order chi connectivity index (χ1) is 6.32. The van der Waals surface area contributed by atoms with Crippen LogP contribution in [0.5, 0.6) is 0 Å². The molecule has 1 nitrogen and oxygen atoms in total. The maximum Gasteiger partial charge on any atom is 0.414 e. The maximum absolute atomic E-state index is 12.5. The molecule has 1 fully saturated rings. The maximum atomic E-state index is 12.5. The van der Waals surface area contributed by atoms with E-state index in [0.717, 1.165) is 0 Å². The Labute approximate surface area is 90.1 Å². The highest BCUT2D eigenvalue weighted by Crippen LogP contribution is 2.42. The fourth-order valence-corrected chi connectivity index (χ4v) is 1.32. The van der Waals surface area contributed by atoms with E-state index in [1.165, 1.54) is 0 Å². The largest absolute Gasteiger partial charge is 0.414 e. The summed E-state index contributed by atoms with van der Waals surface area (Å²) in [4.78, 5) is -0.0638. The van der Waals surface area contributed by atoms with Crippen LogP contribution in [-0.2, 0) is 4.74 Å². The zero-order valence-corrected chi connectivity index (χ0v) is 9.73. The van der Waals surface area contributed by atoms with E-state index in [9.17, 15) is 13.2 Å². The van der Waals surface area contributed by atoms with Crippen molar-refractivity contribution in [3.8, 4) is 0 Å². The first-order valence-corrected chi connectivity index (χ1v) is 5.60. The van der Waals surface area contributed by atoms with Gasteiger partial charge < -0.3 is 4.74 Å². The fraction of sp³-hybridized carbons (Fsp3) is 1.00. The Morgan fingerprint density at radius 2 is 1.79 bits per heavy atom. The average Bonchev–Trinajstić information content (AvgIpc) is 2.79. The minimum absolute atomic E-state index is 0.0638. The quantitative estimate of drug-likeness (QED) is 0.713. The topological polar surface area (TPSA) is 9.23 Å². The SMILES string of the molecule is CC(OC(C1CC1)C(F)(F)F)[C@H](C)Br. The molecule has 0 aliphatic heterocycles. The number of hydrogen-bond donors (Lipinski definition) is 0. The highest BCUT2D eigenvalue weighted by Gasteiger charge is 2.50. The van der Waals surface area contributed by atoms with E-state index in [1.807, 2.05) is 0 Å². The lowest BCUT2D eigenvalue weighted by molar-refractivity contribution is -0.237. The van der Waals surface area contributed by atoms with E-state index in [-0.39, 0.29) is 10.7 Å². The van der Waals surface area contributed by atoms with Crippen LogP contribution in [0.4, 0.5) is 13.2 Å². The second-order valence-electron chi connectivity index (χ2n) is 3.82. The van der Waals surface area contributed by atoms with Gasteiger partial charge in [0, 0.05) is 4.83 Å². The molecule has 0 aromatic heterocycles. The van der Waals surface area contributed by atoms with Gasteiger partial charge in [-0.15, -0.1) is 0 Å². The van der Waals surface area contributed by atoms with E-state index < -0.39 is 18.4 Å². The number of alkyl halides is 4. The second-order valence-corrected chi connectivity index (χ2v) is 5.26. The van der Waals surface area contributed by atoms with Crippen LogP contribution in [0.25, 0.3) is 0 Å². The van der Waals surface area contributed by atoms with Crippen molar-refractivity contribution >= 4 is 15.9 Å². The van der Waals surface area contributed by atoms with E-state index >= 15 is 0 Å². The Kier molecular flexibility index (Phi) is 3.86. The molecular weight excluding hydrogens is 261 g/mol. The zero-order valence-electron chi connectivity index (χ0n) is 8.14. The van der Waals surface area contributed by atoms with Crippen molar-refractivity contribution in [1.82, 2.24) is 0 Å². The molecular formula is C9H14BrF3O. The van der Waals surface area contributed by atoms with Crippen LogP contribution in [0.15, 0.2) is 0 Å². The molecule has 2 unspecified atom stereocenters. The molecule has 5 heteroatoms. The fourth-order valence-electron chi connectivity index (χ4n) is 1.19. The van der Waals surface area contributed by atoms with Crippen LogP contribution >= 0.6 is 15.9 Å². The van der Waals surface area contributed by atoms with Crippen LogP contribution in [0.2, 0.25) is 0 Å². The summed E-state index contributed by atoms with van der Waals surface area (Å²) in [5, 5.41) is 0. The predicted octanol–water partition coefficient (Wildman–Crippen LogP) is 3.52. The van der Waals surface area contributed by atoms with Gasteiger partial charge in [-0.05, 0) is 25.7 Å². The molecule has 0 bridgehead atoms. The minimum atomic E-state index is -4.22. The van der Waals surface area contributed by atoms with Gasteiger partial charge in [-0.2, -0.15) is 13.2 Å². The van der Waals surface area contributed by atoms with Crippen LogP contribution in [0, 0.1) is 5.92 Å². The summed E-state index contributed by atoms with van der Waals surface area (Å²) in [6.07, 6.45) is -4.95.